The Hall–Kier alpha value is -0.0900. The Morgan fingerprint density at radius 3 is 2.06 bits per heavy atom. The van der Waals surface area contributed by atoms with Gasteiger partial charge in [-0.1, -0.05) is 58.3 Å². The van der Waals surface area contributed by atoms with Gasteiger partial charge in [0.15, 0.2) is 9.84 Å². The van der Waals surface area contributed by atoms with Crippen molar-refractivity contribution in [1.29, 1.82) is 0 Å². The van der Waals surface area contributed by atoms with Gasteiger partial charge in [0.1, 0.15) is 0 Å². The minimum Gasteiger partial charge on any atom is -0.389 e. The lowest BCUT2D eigenvalue weighted by atomic mass is 9.95. The average Bonchev–Trinajstić information content (AvgIpc) is 2.57. The third kappa shape index (κ3) is 6.19. The van der Waals surface area contributed by atoms with Crippen LogP contribution in [0.4, 0.5) is 0 Å². The zero-order valence-electron chi connectivity index (χ0n) is 11.7. The Balaban J connectivity index is 2.01. The lowest BCUT2D eigenvalue weighted by molar-refractivity contribution is 0.0556. The molecule has 1 heterocycles. The highest BCUT2D eigenvalue weighted by Gasteiger charge is 2.39. The summed E-state index contributed by atoms with van der Waals surface area (Å²) < 4.78 is 22.6. The van der Waals surface area contributed by atoms with E-state index in [9.17, 15) is 13.5 Å². The van der Waals surface area contributed by atoms with E-state index in [1.165, 1.54) is 38.5 Å². The van der Waals surface area contributed by atoms with Crippen LogP contribution in [0.5, 0.6) is 0 Å². The standard InChI is InChI=1S/C14H28O3S/c1-2-3-4-5-6-7-8-9-10-14(15)11-12-18(16,17)13-14/h15H,2-13H2,1H3. The van der Waals surface area contributed by atoms with Gasteiger partial charge >= 0.3 is 0 Å². The molecule has 1 unspecified atom stereocenters. The molecular weight excluding hydrogens is 248 g/mol. The van der Waals surface area contributed by atoms with Crippen molar-refractivity contribution in [2.45, 2.75) is 76.7 Å². The van der Waals surface area contributed by atoms with Crippen LogP contribution in [-0.4, -0.2) is 30.6 Å². The molecule has 1 N–H and O–H groups in total. The Labute approximate surface area is 112 Å². The Bertz CT molecular complexity index is 324. The van der Waals surface area contributed by atoms with Gasteiger partial charge in [-0.2, -0.15) is 0 Å². The number of hydrogen-bond donors (Lipinski definition) is 1. The Morgan fingerprint density at radius 2 is 1.56 bits per heavy atom. The Kier molecular flexibility index (Phi) is 6.64. The molecule has 0 aromatic carbocycles. The lowest BCUT2D eigenvalue weighted by Gasteiger charge is -2.20. The quantitative estimate of drug-likeness (QED) is 0.658. The molecule has 3 nitrogen and oxygen atoms in total. The molecule has 1 aliphatic rings. The first-order chi connectivity index (χ1) is 8.47. The summed E-state index contributed by atoms with van der Waals surface area (Å²) in [4.78, 5) is 0. The second-order valence-corrected chi connectivity index (χ2v) is 7.98. The van der Waals surface area contributed by atoms with E-state index in [1.807, 2.05) is 0 Å². The van der Waals surface area contributed by atoms with Gasteiger partial charge < -0.3 is 5.11 Å². The molecule has 4 heteroatoms. The highest BCUT2D eigenvalue weighted by molar-refractivity contribution is 7.91. The molecule has 0 bridgehead atoms. The van der Waals surface area contributed by atoms with E-state index in [0.717, 1.165) is 12.8 Å². The van der Waals surface area contributed by atoms with Crippen molar-refractivity contribution in [3.8, 4) is 0 Å². The molecule has 0 radical (unpaired) electrons. The zero-order valence-corrected chi connectivity index (χ0v) is 12.5. The maximum atomic E-state index is 11.3. The first-order valence-electron chi connectivity index (χ1n) is 7.40. The van der Waals surface area contributed by atoms with Crippen molar-refractivity contribution in [3.05, 3.63) is 0 Å². The van der Waals surface area contributed by atoms with Crippen molar-refractivity contribution in [1.82, 2.24) is 0 Å². The third-order valence-electron chi connectivity index (χ3n) is 3.86. The van der Waals surface area contributed by atoms with Crippen molar-refractivity contribution < 1.29 is 13.5 Å². The molecule has 1 atom stereocenters. The number of aliphatic hydroxyl groups is 1. The molecule has 0 saturated carbocycles. The molecule has 18 heavy (non-hydrogen) atoms. The normalized spacial score (nSPS) is 26.6. The fourth-order valence-corrected chi connectivity index (χ4v) is 4.63. The van der Waals surface area contributed by atoms with Gasteiger partial charge in [0.2, 0.25) is 0 Å². The van der Waals surface area contributed by atoms with Crippen LogP contribution in [-0.2, 0) is 9.84 Å². The van der Waals surface area contributed by atoms with E-state index in [1.54, 1.807) is 0 Å². The van der Waals surface area contributed by atoms with Crippen LogP contribution in [0, 0.1) is 0 Å². The minimum absolute atomic E-state index is 0.0174. The van der Waals surface area contributed by atoms with Crippen LogP contribution in [0.15, 0.2) is 0 Å². The SMILES string of the molecule is CCCCCCCCCCC1(O)CCS(=O)(=O)C1. The van der Waals surface area contributed by atoms with Crippen LogP contribution in [0.3, 0.4) is 0 Å². The molecular formula is C14H28O3S. The monoisotopic (exact) mass is 276 g/mol. The van der Waals surface area contributed by atoms with E-state index in [4.69, 9.17) is 0 Å². The predicted octanol–water partition coefficient (Wildman–Crippen LogP) is 3.07. The molecule has 0 aromatic rings. The van der Waals surface area contributed by atoms with Gasteiger partial charge in [-0.05, 0) is 12.8 Å². The fourth-order valence-electron chi connectivity index (χ4n) is 2.68. The molecule has 0 aliphatic carbocycles. The molecule has 1 aliphatic heterocycles. The summed E-state index contributed by atoms with van der Waals surface area (Å²) in [6.45, 7) is 2.22. The van der Waals surface area contributed by atoms with E-state index >= 15 is 0 Å². The van der Waals surface area contributed by atoms with E-state index in [-0.39, 0.29) is 11.5 Å². The van der Waals surface area contributed by atoms with Crippen molar-refractivity contribution in [3.63, 3.8) is 0 Å². The van der Waals surface area contributed by atoms with Crippen LogP contribution >= 0.6 is 0 Å². The second kappa shape index (κ2) is 7.49. The van der Waals surface area contributed by atoms with Crippen molar-refractivity contribution >= 4 is 9.84 Å². The van der Waals surface area contributed by atoms with Gasteiger partial charge in [0.25, 0.3) is 0 Å². The number of sulfone groups is 1. The average molecular weight is 276 g/mol. The first-order valence-corrected chi connectivity index (χ1v) is 9.22. The fraction of sp³-hybridized carbons (Fsp3) is 1.00. The number of unbranched alkanes of at least 4 members (excludes halogenated alkanes) is 7. The molecule has 108 valence electrons. The summed E-state index contributed by atoms with van der Waals surface area (Å²) in [5, 5.41) is 10.1. The highest BCUT2D eigenvalue weighted by Crippen LogP contribution is 2.28. The second-order valence-electron chi connectivity index (χ2n) is 5.79. The molecule has 1 saturated heterocycles. The van der Waals surface area contributed by atoms with Gasteiger partial charge in [-0.15, -0.1) is 0 Å². The maximum Gasteiger partial charge on any atom is 0.153 e. The van der Waals surface area contributed by atoms with E-state index in [2.05, 4.69) is 6.92 Å². The summed E-state index contributed by atoms with van der Waals surface area (Å²) in [7, 11) is -2.96. The van der Waals surface area contributed by atoms with Gasteiger partial charge in [0, 0.05) is 0 Å². The summed E-state index contributed by atoms with van der Waals surface area (Å²) in [6, 6.07) is 0. The summed E-state index contributed by atoms with van der Waals surface area (Å²) in [6.07, 6.45) is 10.9. The largest absolute Gasteiger partial charge is 0.389 e. The zero-order chi connectivity index (χ0) is 13.5. The van der Waals surface area contributed by atoms with E-state index < -0.39 is 15.4 Å². The number of hydrogen-bond acceptors (Lipinski definition) is 3. The maximum absolute atomic E-state index is 11.3. The van der Waals surface area contributed by atoms with Crippen LogP contribution in [0.2, 0.25) is 0 Å². The lowest BCUT2D eigenvalue weighted by Crippen LogP contribution is -2.29. The highest BCUT2D eigenvalue weighted by atomic mass is 32.2. The van der Waals surface area contributed by atoms with Crippen molar-refractivity contribution in [2.75, 3.05) is 11.5 Å². The third-order valence-corrected chi connectivity index (χ3v) is 5.67. The van der Waals surface area contributed by atoms with E-state index in [0.29, 0.717) is 12.8 Å². The first kappa shape index (κ1) is 16.0. The van der Waals surface area contributed by atoms with Gasteiger partial charge in [-0.25, -0.2) is 8.42 Å². The Morgan fingerprint density at radius 1 is 1.00 bits per heavy atom. The van der Waals surface area contributed by atoms with Crippen LogP contribution in [0.25, 0.3) is 0 Å². The summed E-state index contributed by atoms with van der Waals surface area (Å²) in [5.74, 6) is 0.150. The van der Waals surface area contributed by atoms with Gasteiger partial charge in [-0.3, -0.25) is 0 Å². The molecule has 0 aromatic heterocycles. The smallest absolute Gasteiger partial charge is 0.153 e. The summed E-state index contributed by atoms with van der Waals surface area (Å²) >= 11 is 0. The molecule has 1 fully saturated rings. The topological polar surface area (TPSA) is 54.4 Å². The minimum atomic E-state index is -2.96. The molecule has 1 rings (SSSR count). The number of rotatable bonds is 9. The molecule has 0 amide bonds. The van der Waals surface area contributed by atoms with Crippen molar-refractivity contribution in [2.24, 2.45) is 0 Å². The van der Waals surface area contributed by atoms with Crippen LogP contribution in [0.1, 0.15) is 71.1 Å². The summed E-state index contributed by atoms with van der Waals surface area (Å²) in [5.41, 5.74) is -0.916. The molecule has 0 spiro atoms. The van der Waals surface area contributed by atoms with Crippen LogP contribution < -0.4 is 0 Å². The predicted molar refractivity (Wildman–Crippen MR) is 75.4 cm³/mol. The van der Waals surface area contributed by atoms with Gasteiger partial charge in [0.05, 0.1) is 17.1 Å².